The van der Waals surface area contributed by atoms with Gasteiger partial charge in [0.1, 0.15) is 0 Å². The Balaban J connectivity index is 0.000000162. The first-order valence-corrected chi connectivity index (χ1v) is 3.80. The second kappa shape index (κ2) is 3.01. The van der Waals surface area contributed by atoms with Gasteiger partial charge in [0.2, 0.25) is 0 Å². The summed E-state index contributed by atoms with van der Waals surface area (Å²) in [6, 6.07) is 0. The van der Waals surface area contributed by atoms with Crippen LogP contribution < -0.4 is 0 Å². The molecule has 0 radical (unpaired) electrons. The van der Waals surface area contributed by atoms with Gasteiger partial charge in [0.25, 0.3) is 0 Å². The summed E-state index contributed by atoms with van der Waals surface area (Å²) in [5.74, 6) is 0. The molecule has 1 N–H and O–H groups in total. The van der Waals surface area contributed by atoms with E-state index in [1.165, 1.54) is 0 Å². The molecule has 0 spiro atoms. The number of hydrogen-bond acceptors (Lipinski definition) is 4. The van der Waals surface area contributed by atoms with Gasteiger partial charge in [0, 0.05) is 0 Å². The van der Waals surface area contributed by atoms with Crippen LogP contribution >= 0.6 is 0 Å². The van der Waals surface area contributed by atoms with Gasteiger partial charge in [-0.1, -0.05) is 0 Å². The van der Waals surface area contributed by atoms with E-state index in [0.717, 1.165) is 16.9 Å². The molecule has 1 heterocycles. The minimum absolute atomic E-state index is 0.125. The molecule has 0 bridgehead atoms. The third-order valence-electron chi connectivity index (χ3n) is 0.254. The Morgan fingerprint density at radius 3 is 1.71 bits per heavy atom. The summed E-state index contributed by atoms with van der Waals surface area (Å²) in [7, 11) is 0. The van der Waals surface area contributed by atoms with E-state index in [4.69, 9.17) is 8.65 Å². The Bertz CT molecular complexity index is 58.7. The maximum absolute atomic E-state index is 8.38. The Labute approximate surface area is 58.8 Å². The van der Waals surface area contributed by atoms with Crippen LogP contribution in [-0.2, 0) is 13.3 Å². The summed E-state index contributed by atoms with van der Waals surface area (Å²) in [6.07, 6.45) is 0. The van der Waals surface area contributed by atoms with Gasteiger partial charge >= 0.3 is 58.6 Å². The van der Waals surface area contributed by atoms with Crippen molar-refractivity contribution in [1.29, 1.82) is 0 Å². The number of aliphatic hydroxyl groups is 1. The minimum atomic E-state index is -1.19. The van der Waals surface area contributed by atoms with Crippen molar-refractivity contribution in [2.75, 3.05) is 0 Å². The molecule has 1 unspecified atom stereocenters. The van der Waals surface area contributed by atoms with Crippen LogP contribution in [0, 0.1) is 0 Å². The second-order valence-electron chi connectivity index (χ2n) is 0.797. The van der Waals surface area contributed by atoms with E-state index in [1.54, 1.807) is 0 Å². The SMILES string of the molecule is OC1([AsH2])OO1.[O]=[GaH]. The molecule has 0 aromatic heterocycles. The van der Waals surface area contributed by atoms with Crippen LogP contribution in [0.5, 0.6) is 0 Å². The van der Waals surface area contributed by atoms with Gasteiger partial charge in [-0.3, -0.25) is 0 Å². The maximum atomic E-state index is 8.38. The fraction of sp³-hybridized carbons (Fsp3) is 1.00. The van der Waals surface area contributed by atoms with Crippen molar-refractivity contribution >= 4 is 35.4 Å². The molecular weight excluding hydrogens is 221 g/mol. The van der Waals surface area contributed by atoms with Crippen LogP contribution in [0.2, 0.25) is 0 Å². The summed E-state index contributed by atoms with van der Waals surface area (Å²) >= 11 is 1.14. The predicted octanol–water partition coefficient (Wildman–Crippen LogP) is -2.58. The average molecular weight is 225 g/mol. The monoisotopic (exact) mass is 224 g/mol. The first-order valence-electron chi connectivity index (χ1n) is 1.38. The molecule has 7 heavy (non-hydrogen) atoms. The standard InChI is InChI=1S/CH3AsO3.Ga.O.H/c2-1(3)4-5-1;;;/h3H,2H2;;;. The number of rotatable bonds is 0. The summed E-state index contributed by atoms with van der Waals surface area (Å²) in [6.45, 7) is 0. The normalized spacial score (nSPS) is 21.9. The van der Waals surface area contributed by atoms with Gasteiger partial charge in [0.15, 0.2) is 0 Å². The van der Waals surface area contributed by atoms with E-state index in [2.05, 4.69) is 9.78 Å². The third-order valence-corrected chi connectivity index (χ3v) is 0.658. The fourth-order valence-electron chi connectivity index (χ4n) is 0.0427. The molecule has 0 saturated carbocycles. The van der Waals surface area contributed by atoms with Crippen LogP contribution in [0.1, 0.15) is 0 Å². The van der Waals surface area contributed by atoms with Crippen molar-refractivity contribution in [1.82, 2.24) is 0 Å². The second-order valence-corrected chi connectivity index (χ2v) is 2.33. The molecule has 1 aliphatic rings. The topological polar surface area (TPSA) is 62.4 Å². The molecule has 0 amide bonds. The molecule has 0 aromatic rings. The van der Waals surface area contributed by atoms with Gasteiger partial charge in [-0.2, -0.15) is 0 Å². The van der Waals surface area contributed by atoms with E-state index in [0.29, 0.717) is 0 Å². The van der Waals surface area contributed by atoms with Gasteiger partial charge in [0.05, 0.1) is 0 Å². The molecular formula is CH4AsGaO4. The first-order chi connectivity index (χ1) is 3.21. The van der Waals surface area contributed by atoms with Crippen LogP contribution in [0.3, 0.4) is 0 Å². The van der Waals surface area contributed by atoms with Gasteiger partial charge in [-0.05, 0) is 0 Å². The van der Waals surface area contributed by atoms with E-state index < -0.39 is 4.76 Å². The summed E-state index contributed by atoms with van der Waals surface area (Å²) in [5, 5.41) is 8.22. The molecule has 1 rings (SSSR count). The summed E-state index contributed by atoms with van der Waals surface area (Å²) in [4.78, 5) is 7.96. The Kier molecular flexibility index (Phi) is 3.39. The molecule has 0 aromatic carbocycles. The van der Waals surface area contributed by atoms with Crippen LogP contribution in [-0.4, -0.2) is 45.3 Å². The quantitative estimate of drug-likeness (QED) is 0.279. The van der Waals surface area contributed by atoms with Gasteiger partial charge < -0.3 is 0 Å². The molecule has 1 atom stereocenters. The van der Waals surface area contributed by atoms with Crippen molar-refractivity contribution in [2.45, 2.75) is 4.76 Å². The average Bonchev–Trinajstić information content (AvgIpc) is 2.26. The van der Waals surface area contributed by atoms with Crippen molar-refractivity contribution in [2.24, 2.45) is 0 Å². The molecule has 0 aliphatic carbocycles. The molecule has 40 valence electrons. The molecule has 1 saturated heterocycles. The summed E-state index contributed by atoms with van der Waals surface area (Å²) in [5.41, 5.74) is 0. The van der Waals surface area contributed by atoms with E-state index in [-0.39, 0.29) is 18.6 Å². The predicted molar refractivity (Wildman–Crippen MR) is 23.5 cm³/mol. The van der Waals surface area contributed by atoms with E-state index >= 15 is 0 Å². The van der Waals surface area contributed by atoms with Crippen LogP contribution in [0.4, 0.5) is 0 Å². The van der Waals surface area contributed by atoms with Gasteiger partial charge in [-0.15, -0.1) is 0 Å². The Morgan fingerprint density at radius 1 is 1.57 bits per heavy atom. The number of hydrogen-bond donors (Lipinski definition) is 1. The fourth-order valence-corrected chi connectivity index (χ4v) is 0.144. The molecule has 1 fully saturated rings. The molecule has 6 heteroatoms. The van der Waals surface area contributed by atoms with Crippen LogP contribution in [0.25, 0.3) is 0 Å². The zero-order valence-electron chi connectivity index (χ0n) is 3.46. The summed E-state index contributed by atoms with van der Waals surface area (Å²) < 4.78 is 7.19. The van der Waals surface area contributed by atoms with E-state index in [9.17, 15) is 0 Å². The van der Waals surface area contributed by atoms with Gasteiger partial charge in [-0.25, -0.2) is 0 Å². The zero-order chi connectivity index (χ0) is 5.91. The Hall–Kier alpha value is 0.875. The van der Waals surface area contributed by atoms with Crippen molar-refractivity contribution in [3.8, 4) is 0 Å². The third kappa shape index (κ3) is 4.73. The van der Waals surface area contributed by atoms with Crippen LogP contribution in [0.15, 0.2) is 0 Å². The van der Waals surface area contributed by atoms with Crippen molar-refractivity contribution in [3.63, 3.8) is 0 Å². The molecule has 4 nitrogen and oxygen atoms in total. The van der Waals surface area contributed by atoms with E-state index in [1.807, 2.05) is 0 Å². The first kappa shape index (κ1) is 7.87. The zero-order valence-corrected chi connectivity index (χ0v) is 8.85. The Morgan fingerprint density at radius 2 is 1.71 bits per heavy atom. The molecule has 1 aliphatic heterocycles. The van der Waals surface area contributed by atoms with Crippen molar-refractivity contribution in [3.05, 3.63) is 0 Å². The van der Waals surface area contributed by atoms with Crippen molar-refractivity contribution < 1.29 is 18.4 Å².